The zero-order valence-electron chi connectivity index (χ0n) is 8.11. The lowest BCUT2D eigenvalue weighted by atomic mass is 10.2. The second-order valence-electron chi connectivity index (χ2n) is 3.05. The highest BCUT2D eigenvalue weighted by Gasteiger charge is 1.93. The summed E-state index contributed by atoms with van der Waals surface area (Å²) >= 11 is 0. The maximum atomic E-state index is 12.7. The van der Waals surface area contributed by atoms with Gasteiger partial charge in [-0.05, 0) is 32.4 Å². The van der Waals surface area contributed by atoms with E-state index in [-0.39, 0.29) is 5.83 Å². The molecule has 1 rings (SSSR count). The van der Waals surface area contributed by atoms with E-state index in [1.807, 2.05) is 6.92 Å². The summed E-state index contributed by atoms with van der Waals surface area (Å²) in [6, 6.07) is 0. The highest BCUT2D eigenvalue weighted by molar-refractivity contribution is 5.44. The van der Waals surface area contributed by atoms with Gasteiger partial charge in [0, 0.05) is 0 Å². The number of rotatable bonds is 1. The van der Waals surface area contributed by atoms with Crippen LogP contribution in [0.2, 0.25) is 0 Å². The molecule has 2 nitrogen and oxygen atoms in total. The number of hydrogen-bond donors (Lipinski definition) is 1. The number of hydrogen-bond acceptors (Lipinski definition) is 1. The van der Waals surface area contributed by atoms with Gasteiger partial charge in [-0.2, -0.15) is 0 Å². The Morgan fingerprint density at radius 1 is 1.54 bits per heavy atom. The first-order valence-electron chi connectivity index (χ1n) is 4.07. The lowest BCUT2D eigenvalue weighted by Crippen LogP contribution is -2.22. The molecule has 0 spiro atoms. The number of nitrogens with one attached hydrogen (secondary N) is 1. The van der Waals surface area contributed by atoms with E-state index in [0.29, 0.717) is 10.9 Å². The van der Waals surface area contributed by atoms with E-state index in [9.17, 15) is 4.39 Å². The van der Waals surface area contributed by atoms with Gasteiger partial charge >= 0.3 is 0 Å². The zero-order chi connectivity index (χ0) is 10.0. The monoisotopic (exact) mass is 180 g/mol. The van der Waals surface area contributed by atoms with Crippen molar-refractivity contribution in [2.75, 3.05) is 0 Å². The number of aryl methyl sites for hydroxylation is 1. The molecule has 0 saturated heterocycles. The van der Waals surface area contributed by atoms with E-state index in [4.69, 9.17) is 0 Å². The standard InChI is InChI=1S/C10H13FN2/c1-6(7(2)11)5-10-8(3)12-9(4)13-10/h5H,3H2,1-2,4H3,(H,12,13)/b7-6+,10-5+. The molecule has 1 aromatic rings. The summed E-state index contributed by atoms with van der Waals surface area (Å²) in [4.78, 5) is 7.11. The third-order valence-corrected chi connectivity index (χ3v) is 1.83. The number of aromatic nitrogens is 2. The van der Waals surface area contributed by atoms with Crippen molar-refractivity contribution in [3.05, 3.63) is 27.9 Å². The molecule has 0 fully saturated rings. The van der Waals surface area contributed by atoms with Gasteiger partial charge in [-0.25, -0.2) is 9.37 Å². The van der Waals surface area contributed by atoms with Gasteiger partial charge in [-0.1, -0.05) is 6.58 Å². The predicted octanol–water partition coefficient (Wildman–Crippen LogP) is 1.17. The molecule has 0 aliphatic carbocycles. The molecule has 13 heavy (non-hydrogen) atoms. The fourth-order valence-electron chi connectivity index (χ4n) is 0.982. The van der Waals surface area contributed by atoms with E-state index in [2.05, 4.69) is 16.5 Å². The molecule has 1 heterocycles. The molecule has 0 unspecified atom stereocenters. The van der Waals surface area contributed by atoms with E-state index in [1.165, 1.54) is 6.92 Å². The van der Waals surface area contributed by atoms with Crippen molar-refractivity contribution < 1.29 is 4.39 Å². The number of H-pyrrole nitrogens is 1. The van der Waals surface area contributed by atoms with Crippen LogP contribution in [0.3, 0.4) is 0 Å². The third kappa shape index (κ3) is 2.28. The van der Waals surface area contributed by atoms with Crippen LogP contribution in [0.15, 0.2) is 11.4 Å². The van der Waals surface area contributed by atoms with Crippen LogP contribution in [0.5, 0.6) is 0 Å². The van der Waals surface area contributed by atoms with Crippen LogP contribution >= 0.6 is 0 Å². The smallest absolute Gasteiger partial charge is 0.104 e. The van der Waals surface area contributed by atoms with E-state index in [0.717, 1.165) is 11.2 Å². The molecule has 1 N–H and O–H groups in total. The Balaban J connectivity index is 3.31. The van der Waals surface area contributed by atoms with E-state index >= 15 is 0 Å². The van der Waals surface area contributed by atoms with Crippen LogP contribution in [0, 0.1) is 6.92 Å². The minimum absolute atomic E-state index is 0.194. The van der Waals surface area contributed by atoms with Crippen molar-refractivity contribution in [3.8, 4) is 0 Å². The quantitative estimate of drug-likeness (QED) is 0.690. The molecule has 0 atom stereocenters. The van der Waals surface area contributed by atoms with Crippen molar-refractivity contribution in [3.63, 3.8) is 0 Å². The van der Waals surface area contributed by atoms with Gasteiger partial charge in [-0.15, -0.1) is 0 Å². The van der Waals surface area contributed by atoms with Crippen LogP contribution in [-0.2, 0) is 0 Å². The first kappa shape index (κ1) is 9.71. The summed E-state index contributed by atoms with van der Waals surface area (Å²) in [6.45, 7) is 8.73. The Morgan fingerprint density at radius 2 is 2.15 bits per heavy atom. The van der Waals surface area contributed by atoms with Gasteiger partial charge in [0.1, 0.15) is 5.82 Å². The van der Waals surface area contributed by atoms with Gasteiger partial charge in [0.05, 0.1) is 16.5 Å². The maximum absolute atomic E-state index is 12.7. The second kappa shape index (κ2) is 3.56. The predicted molar refractivity (Wildman–Crippen MR) is 52.0 cm³/mol. The first-order chi connectivity index (χ1) is 6.00. The number of halogens is 1. The highest BCUT2D eigenvalue weighted by Crippen LogP contribution is 2.03. The van der Waals surface area contributed by atoms with Gasteiger partial charge in [0.15, 0.2) is 0 Å². The number of aromatic amines is 1. The normalized spacial score (nSPS) is 14.6. The summed E-state index contributed by atoms with van der Waals surface area (Å²) in [5.74, 6) is 0.598. The number of allylic oxidation sites excluding steroid dienone is 2. The van der Waals surface area contributed by atoms with Crippen LogP contribution < -0.4 is 10.7 Å². The van der Waals surface area contributed by atoms with E-state index in [1.54, 1.807) is 13.0 Å². The second-order valence-corrected chi connectivity index (χ2v) is 3.05. The Morgan fingerprint density at radius 3 is 2.54 bits per heavy atom. The molecule has 3 heteroatoms. The Kier molecular flexibility index (Phi) is 2.66. The minimum Gasteiger partial charge on any atom is -0.343 e. The first-order valence-corrected chi connectivity index (χ1v) is 4.07. The van der Waals surface area contributed by atoms with Crippen LogP contribution in [0.25, 0.3) is 12.7 Å². The number of nitrogens with zero attached hydrogens (tertiary/aromatic N) is 1. The van der Waals surface area contributed by atoms with Crippen molar-refractivity contribution in [2.45, 2.75) is 20.8 Å². The summed E-state index contributed by atoms with van der Waals surface area (Å²) in [5, 5.41) is 1.42. The minimum atomic E-state index is -0.194. The van der Waals surface area contributed by atoms with Gasteiger partial charge < -0.3 is 4.98 Å². The molecule has 0 saturated carbocycles. The molecule has 0 amide bonds. The van der Waals surface area contributed by atoms with Gasteiger partial charge in [0.2, 0.25) is 0 Å². The largest absolute Gasteiger partial charge is 0.343 e. The van der Waals surface area contributed by atoms with Crippen LogP contribution in [0.4, 0.5) is 4.39 Å². The number of imidazole rings is 1. The maximum Gasteiger partial charge on any atom is 0.104 e. The zero-order valence-corrected chi connectivity index (χ0v) is 8.11. The fourth-order valence-corrected chi connectivity index (χ4v) is 0.982. The summed E-state index contributed by atoms with van der Waals surface area (Å²) in [6.07, 6.45) is 1.68. The lowest BCUT2D eigenvalue weighted by Gasteiger charge is -1.88. The van der Waals surface area contributed by atoms with Crippen molar-refractivity contribution in [1.82, 2.24) is 9.97 Å². The topological polar surface area (TPSA) is 28.7 Å². The summed E-state index contributed by atoms with van der Waals surface area (Å²) in [7, 11) is 0. The molecule has 0 radical (unpaired) electrons. The van der Waals surface area contributed by atoms with E-state index < -0.39 is 0 Å². The molecule has 1 aromatic heterocycles. The van der Waals surface area contributed by atoms with Crippen molar-refractivity contribution in [2.24, 2.45) is 0 Å². The SMILES string of the molecule is C=c1[nH]c(C)n/c1=C/C(C)=C(\C)F. The van der Waals surface area contributed by atoms with Crippen LogP contribution in [-0.4, -0.2) is 9.97 Å². The summed E-state index contributed by atoms with van der Waals surface area (Å²) in [5.41, 5.74) is 0.580. The summed E-state index contributed by atoms with van der Waals surface area (Å²) < 4.78 is 12.7. The van der Waals surface area contributed by atoms with Crippen molar-refractivity contribution >= 4 is 12.7 Å². The molecule has 0 aliphatic heterocycles. The molecule has 0 aliphatic rings. The molecule has 70 valence electrons. The molecule has 0 bridgehead atoms. The average Bonchev–Trinajstić information content (AvgIpc) is 2.30. The van der Waals surface area contributed by atoms with Gasteiger partial charge in [-0.3, -0.25) is 0 Å². The average molecular weight is 180 g/mol. The fraction of sp³-hybridized carbons (Fsp3) is 0.300. The van der Waals surface area contributed by atoms with Gasteiger partial charge in [0.25, 0.3) is 0 Å². The van der Waals surface area contributed by atoms with Crippen LogP contribution in [0.1, 0.15) is 19.7 Å². The highest BCUT2D eigenvalue weighted by atomic mass is 19.1. The Hall–Kier alpha value is -1.38. The Labute approximate surface area is 76.5 Å². The Bertz CT molecular complexity index is 436. The lowest BCUT2D eigenvalue weighted by molar-refractivity contribution is 0.633. The molecular weight excluding hydrogens is 167 g/mol. The van der Waals surface area contributed by atoms with Crippen molar-refractivity contribution in [1.29, 1.82) is 0 Å². The molecular formula is C10H13FN2. The third-order valence-electron chi connectivity index (χ3n) is 1.83. The molecule has 0 aromatic carbocycles.